The number of rotatable bonds is 13. The van der Waals surface area contributed by atoms with Gasteiger partial charge in [0.1, 0.15) is 24.2 Å². The number of unbranched alkanes of at least 4 members (excludes halogenated alkanes) is 1. The van der Waals surface area contributed by atoms with Gasteiger partial charge in [0.15, 0.2) is 0 Å². The van der Waals surface area contributed by atoms with Gasteiger partial charge in [0.05, 0.1) is 17.7 Å². The second-order valence-electron chi connectivity index (χ2n) is 9.43. The van der Waals surface area contributed by atoms with Gasteiger partial charge in [0.25, 0.3) is 10.0 Å². The van der Waals surface area contributed by atoms with E-state index in [9.17, 15) is 22.4 Å². The minimum absolute atomic E-state index is 0.0683. The van der Waals surface area contributed by atoms with Gasteiger partial charge < -0.3 is 15.0 Å². The third kappa shape index (κ3) is 7.59. The monoisotopic (exact) mass is 569 g/mol. The van der Waals surface area contributed by atoms with Crippen LogP contribution in [-0.2, 0) is 26.2 Å². The van der Waals surface area contributed by atoms with Crippen molar-refractivity contribution in [3.05, 3.63) is 89.7 Å². The summed E-state index contributed by atoms with van der Waals surface area (Å²) in [5.74, 6) is -0.990. The van der Waals surface area contributed by atoms with E-state index in [0.717, 1.165) is 40.4 Å². The number of benzene rings is 3. The predicted molar refractivity (Wildman–Crippen MR) is 153 cm³/mol. The van der Waals surface area contributed by atoms with Gasteiger partial charge in [-0.15, -0.1) is 0 Å². The van der Waals surface area contributed by atoms with Crippen LogP contribution < -0.4 is 14.4 Å². The van der Waals surface area contributed by atoms with Crippen molar-refractivity contribution in [1.29, 1.82) is 0 Å². The fourth-order valence-electron chi connectivity index (χ4n) is 4.10. The van der Waals surface area contributed by atoms with Gasteiger partial charge in [0, 0.05) is 13.1 Å². The molecule has 0 aliphatic carbocycles. The fraction of sp³-hybridized carbons (Fsp3) is 0.333. The molecule has 3 aromatic rings. The first-order chi connectivity index (χ1) is 19.1. The van der Waals surface area contributed by atoms with Crippen molar-refractivity contribution < 1.29 is 27.1 Å². The van der Waals surface area contributed by atoms with Gasteiger partial charge in [-0.25, -0.2) is 12.8 Å². The van der Waals surface area contributed by atoms with Crippen LogP contribution in [0, 0.1) is 12.7 Å². The molecule has 0 aliphatic heterocycles. The first-order valence-electron chi connectivity index (χ1n) is 13.1. The Balaban J connectivity index is 2.00. The predicted octanol–water partition coefficient (Wildman–Crippen LogP) is 4.67. The smallest absolute Gasteiger partial charge is 0.264 e. The molecule has 0 saturated heterocycles. The normalized spacial score (nSPS) is 11.9. The Morgan fingerprint density at radius 2 is 1.65 bits per heavy atom. The maximum absolute atomic E-state index is 13.9. The molecule has 3 aromatic carbocycles. The molecular formula is C30H36FN3O5S. The summed E-state index contributed by atoms with van der Waals surface area (Å²) in [6, 6.07) is 17.3. The van der Waals surface area contributed by atoms with E-state index in [0.29, 0.717) is 12.3 Å². The van der Waals surface area contributed by atoms with Crippen LogP contribution in [0.2, 0.25) is 0 Å². The van der Waals surface area contributed by atoms with Crippen LogP contribution in [0.15, 0.2) is 77.7 Å². The summed E-state index contributed by atoms with van der Waals surface area (Å²) in [5, 5.41) is 2.86. The number of carbonyl (C=O) groups is 2. The quantitative estimate of drug-likeness (QED) is 0.302. The lowest BCUT2D eigenvalue weighted by Crippen LogP contribution is -2.51. The molecule has 3 rings (SSSR count). The van der Waals surface area contributed by atoms with Crippen LogP contribution in [0.25, 0.3) is 0 Å². The summed E-state index contributed by atoms with van der Waals surface area (Å²) in [7, 11) is -2.79. The van der Waals surface area contributed by atoms with Crippen LogP contribution in [0.3, 0.4) is 0 Å². The Hall–Kier alpha value is -3.92. The van der Waals surface area contributed by atoms with E-state index in [1.165, 1.54) is 48.4 Å². The lowest BCUT2D eigenvalue weighted by molar-refractivity contribution is -0.139. The van der Waals surface area contributed by atoms with E-state index in [-0.39, 0.29) is 23.0 Å². The summed E-state index contributed by atoms with van der Waals surface area (Å²) in [5.41, 5.74) is 1.87. The highest BCUT2D eigenvalue weighted by Crippen LogP contribution is 2.26. The van der Waals surface area contributed by atoms with E-state index < -0.39 is 34.3 Å². The number of ether oxygens (including phenoxy) is 1. The molecule has 0 unspecified atom stereocenters. The summed E-state index contributed by atoms with van der Waals surface area (Å²) < 4.78 is 47.4. The van der Waals surface area contributed by atoms with Gasteiger partial charge in [-0.1, -0.05) is 37.6 Å². The molecule has 0 aromatic heterocycles. The number of hydrogen-bond acceptors (Lipinski definition) is 5. The van der Waals surface area contributed by atoms with E-state index in [2.05, 4.69) is 5.32 Å². The van der Waals surface area contributed by atoms with Crippen molar-refractivity contribution in [2.75, 3.05) is 24.5 Å². The lowest BCUT2D eigenvalue weighted by atomic mass is 10.1. The number of halogens is 1. The molecule has 0 aliphatic rings. The molecule has 0 saturated carbocycles. The van der Waals surface area contributed by atoms with Crippen molar-refractivity contribution in [2.24, 2.45) is 0 Å². The Morgan fingerprint density at radius 3 is 2.25 bits per heavy atom. The van der Waals surface area contributed by atoms with Crippen molar-refractivity contribution in [2.45, 2.75) is 51.1 Å². The Bertz CT molecular complexity index is 1400. The summed E-state index contributed by atoms with van der Waals surface area (Å²) in [4.78, 5) is 28.2. The van der Waals surface area contributed by atoms with Crippen LogP contribution >= 0.6 is 0 Å². The average Bonchev–Trinajstić information content (AvgIpc) is 2.95. The molecule has 40 heavy (non-hydrogen) atoms. The zero-order chi connectivity index (χ0) is 29.3. The zero-order valence-electron chi connectivity index (χ0n) is 23.3. The molecule has 0 radical (unpaired) electrons. The molecule has 214 valence electrons. The second-order valence-corrected chi connectivity index (χ2v) is 11.3. The average molecular weight is 570 g/mol. The molecule has 0 heterocycles. The van der Waals surface area contributed by atoms with E-state index >= 15 is 0 Å². The Kier molecular flexibility index (Phi) is 10.7. The van der Waals surface area contributed by atoms with Gasteiger partial charge in [-0.05, 0) is 79.9 Å². The minimum Gasteiger partial charge on any atom is -0.497 e. The molecule has 0 spiro atoms. The highest BCUT2D eigenvalue weighted by atomic mass is 32.2. The van der Waals surface area contributed by atoms with Crippen LogP contribution in [0.5, 0.6) is 5.75 Å². The number of methoxy groups -OCH3 is 1. The fourth-order valence-corrected chi connectivity index (χ4v) is 5.51. The third-order valence-electron chi connectivity index (χ3n) is 6.64. The lowest BCUT2D eigenvalue weighted by Gasteiger charge is -2.32. The number of aryl methyl sites for hydroxylation is 1. The van der Waals surface area contributed by atoms with Crippen LogP contribution in [-0.4, -0.2) is 51.4 Å². The van der Waals surface area contributed by atoms with E-state index in [1.807, 2.05) is 38.1 Å². The summed E-state index contributed by atoms with van der Waals surface area (Å²) in [6.45, 7) is 5.52. The number of nitrogens with one attached hydrogen (secondary N) is 1. The maximum Gasteiger partial charge on any atom is 0.264 e. The first-order valence-corrected chi connectivity index (χ1v) is 14.6. The number of anilines is 1. The Labute approximate surface area is 235 Å². The number of nitrogens with zero attached hydrogens (tertiary/aromatic N) is 2. The van der Waals surface area contributed by atoms with E-state index in [1.54, 1.807) is 6.92 Å². The van der Waals surface area contributed by atoms with Crippen molar-refractivity contribution in [1.82, 2.24) is 10.2 Å². The molecule has 1 N–H and O–H groups in total. The highest BCUT2D eigenvalue weighted by Gasteiger charge is 2.32. The molecular weight excluding hydrogens is 533 g/mol. The zero-order valence-corrected chi connectivity index (χ0v) is 24.1. The van der Waals surface area contributed by atoms with Gasteiger partial charge in [0.2, 0.25) is 11.8 Å². The molecule has 8 nitrogen and oxygen atoms in total. The number of carbonyl (C=O) groups excluding carboxylic acids is 2. The summed E-state index contributed by atoms with van der Waals surface area (Å²) >= 11 is 0. The first kappa shape index (κ1) is 30.6. The molecule has 0 bridgehead atoms. The highest BCUT2D eigenvalue weighted by molar-refractivity contribution is 7.92. The Morgan fingerprint density at radius 1 is 1.00 bits per heavy atom. The van der Waals surface area contributed by atoms with Crippen LogP contribution in [0.1, 0.15) is 37.8 Å². The maximum atomic E-state index is 13.9. The van der Waals surface area contributed by atoms with Crippen molar-refractivity contribution in [3.63, 3.8) is 0 Å². The van der Waals surface area contributed by atoms with Crippen molar-refractivity contribution >= 4 is 27.5 Å². The molecule has 2 amide bonds. The standard InChI is InChI=1S/C30H36FN3O5S/c1-5-6-19-32-30(36)23(3)33(20-24-10-8-7-9-22(24)2)29(35)21-34(26-13-11-25(31)12-14-26)40(37,38)28-17-15-27(39-4)16-18-28/h7-18,23H,5-6,19-21H2,1-4H3,(H,32,36)/t23-/m0/s1. The van der Waals surface area contributed by atoms with Gasteiger partial charge in [-0.3, -0.25) is 13.9 Å². The third-order valence-corrected chi connectivity index (χ3v) is 8.43. The molecule has 0 fully saturated rings. The second kappa shape index (κ2) is 13.9. The van der Waals surface area contributed by atoms with Gasteiger partial charge >= 0.3 is 0 Å². The minimum atomic E-state index is -4.26. The number of hydrogen-bond donors (Lipinski definition) is 1. The molecule has 10 heteroatoms. The number of sulfonamides is 1. The van der Waals surface area contributed by atoms with E-state index in [4.69, 9.17) is 4.74 Å². The molecule has 1 atom stereocenters. The van der Waals surface area contributed by atoms with Gasteiger partial charge in [-0.2, -0.15) is 0 Å². The van der Waals surface area contributed by atoms with Crippen molar-refractivity contribution in [3.8, 4) is 5.75 Å². The largest absolute Gasteiger partial charge is 0.497 e. The number of amides is 2. The SMILES string of the molecule is CCCCNC(=O)[C@H](C)N(Cc1ccccc1C)C(=O)CN(c1ccc(F)cc1)S(=O)(=O)c1ccc(OC)cc1. The summed E-state index contributed by atoms with van der Waals surface area (Å²) in [6.07, 6.45) is 1.69. The topological polar surface area (TPSA) is 96.0 Å². The van der Waals surface area contributed by atoms with Crippen LogP contribution in [0.4, 0.5) is 10.1 Å².